The number of anilines is 1. The molecule has 0 aliphatic carbocycles. The molecule has 0 unspecified atom stereocenters. The fourth-order valence-corrected chi connectivity index (χ4v) is 1.92. The summed E-state index contributed by atoms with van der Waals surface area (Å²) in [6.45, 7) is 2.03. The average molecular weight is 249 g/mol. The standard InChI is InChI=1S/C18H19N/c1-3-4-7-16-8-5-6-9-17(16)14-15-10-12-18(19-2)13-11-15/h3-14,19H,1-2H3/b4-3-,16-7-,17-14+. The Morgan fingerprint density at radius 2 is 1.58 bits per heavy atom. The first kappa shape index (κ1) is 13.2. The molecule has 0 amide bonds. The zero-order chi connectivity index (χ0) is 13.5. The number of rotatable bonds is 3. The highest BCUT2D eigenvalue weighted by molar-refractivity contribution is 5.55. The Kier molecular flexibility index (Phi) is 4.57. The van der Waals surface area contributed by atoms with Crippen molar-refractivity contribution in [2.24, 2.45) is 0 Å². The van der Waals surface area contributed by atoms with Crippen LogP contribution in [-0.4, -0.2) is 7.05 Å². The predicted molar refractivity (Wildman–Crippen MR) is 84.5 cm³/mol. The molecule has 0 fully saturated rings. The van der Waals surface area contributed by atoms with Crippen LogP contribution in [0.15, 0.2) is 60.7 Å². The molecular weight excluding hydrogens is 230 g/mol. The van der Waals surface area contributed by atoms with Gasteiger partial charge in [0.25, 0.3) is 0 Å². The van der Waals surface area contributed by atoms with Crippen LogP contribution in [0.25, 0.3) is 12.2 Å². The number of hydrogen-bond donors (Lipinski definition) is 1. The summed E-state index contributed by atoms with van der Waals surface area (Å²) in [6.07, 6.45) is 8.44. The number of allylic oxidation sites excluding steroid dienone is 2. The van der Waals surface area contributed by atoms with Crippen LogP contribution < -0.4 is 15.8 Å². The van der Waals surface area contributed by atoms with Crippen molar-refractivity contribution in [3.8, 4) is 0 Å². The second-order valence-corrected chi connectivity index (χ2v) is 4.34. The summed E-state index contributed by atoms with van der Waals surface area (Å²) in [4.78, 5) is 0. The maximum absolute atomic E-state index is 3.13. The van der Waals surface area contributed by atoms with Crippen molar-refractivity contribution in [3.05, 3.63) is 76.7 Å². The predicted octanol–water partition coefficient (Wildman–Crippen LogP) is 2.91. The van der Waals surface area contributed by atoms with E-state index < -0.39 is 0 Å². The van der Waals surface area contributed by atoms with E-state index in [-0.39, 0.29) is 0 Å². The molecule has 0 saturated carbocycles. The van der Waals surface area contributed by atoms with E-state index in [2.05, 4.69) is 72.1 Å². The first-order chi connectivity index (χ1) is 9.33. The number of hydrogen-bond acceptors (Lipinski definition) is 1. The Hall–Kier alpha value is -2.28. The van der Waals surface area contributed by atoms with Crippen LogP contribution in [0.4, 0.5) is 5.69 Å². The van der Waals surface area contributed by atoms with Crippen LogP contribution in [0.2, 0.25) is 0 Å². The molecular formula is C18H19N. The minimum atomic E-state index is 1.13. The summed E-state index contributed by atoms with van der Waals surface area (Å²) >= 11 is 0. The van der Waals surface area contributed by atoms with Gasteiger partial charge in [-0.05, 0) is 41.1 Å². The molecule has 0 spiro atoms. The zero-order valence-electron chi connectivity index (χ0n) is 11.4. The van der Waals surface area contributed by atoms with Crippen molar-refractivity contribution < 1.29 is 0 Å². The monoisotopic (exact) mass is 249 g/mol. The third kappa shape index (κ3) is 3.59. The molecule has 1 nitrogen and oxygen atoms in total. The molecule has 0 bridgehead atoms. The van der Waals surface area contributed by atoms with Gasteiger partial charge in [-0.25, -0.2) is 0 Å². The summed E-state index contributed by atoms with van der Waals surface area (Å²) in [5.74, 6) is 0. The van der Waals surface area contributed by atoms with Crippen molar-refractivity contribution in [2.45, 2.75) is 6.92 Å². The zero-order valence-corrected chi connectivity index (χ0v) is 11.4. The van der Waals surface area contributed by atoms with Gasteiger partial charge in [0.15, 0.2) is 0 Å². The van der Waals surface area contributed by atoms with Gasteiger partial charge < -0.3 is 5.32 Å². The number of benzene rings is 2. The summed E-state index contributed by atoms with van der Waals surface area (Å²) in [7, 11) is 1.93. The summed E-state index contributed by atoms with van der Waals surface area (Å²) < 4.78 is 0. The van der Waals surface area contributed by atoms with E-state index in [1.54, 1.807) is 0 Å². The highest BCUT2D eigenvalue weighted by Crippen LogP contribution is 2.08. The molecule has 0 atom stereocenters. The van der Waals surface area contributed by atoms with Gasteiger partial charge in [0.1, 0.15) is 0 Å². The van der Waals surface area contributed by atoms with Crippen LogP contribution in [0.5, 0.6) is 0 Å². The van der Waals surface area contributed by atoms with Crippen LogP contribution in [0, 0.1) is 0 Å². The first-order valence-electron chi connectivity index (χ1n) is 6.51. The normalized spacial score (nSPS) is 13.2. The Labute approximate surface area is 114 Å². The molecule has 96 valence electrons. The molecule has 2 rings (SSSR count). The van der Waals surface area contributed by atoms with Gasteiger partial charge in [-0.3, -0.25) is 0 Å². The molecule has 1 N–H and O–H groups in total. The molecule has 19 heavy (non-hydrogen) atoms. The maximum Gasteiger partial charge on any atom is 0.0337 e. The average Bonchev–Trinajstić information content (AvgIpc) is 2.47. The van der Waals surface area contributed by atoms with Gasteiger partial charge in [0.05, 0.1) is 0 Å². The second kappa shape index (κ2) is 6.60. The smallest absolute Gasteiger partial charge is 0.0337 e. The van der Waals surface area contributed by atoms with E-state index in [0.717, 1.165) is 5.69 Å². The first-order valence-corrected chi connectivity index (χ1v) is 6.51. The van der Waals surface area contributed by atoms with Gasteiger partial charge in [-0.15, -0.1) is 0 Å². The third-order valence-corrected chi connectivity index (χ3v) is 2.99. The van der Waals surface area contributed by atoms with Crippen molar-refractivity contribution in [1.82, 2.24) is 0 Å². The topological polar surface area (TPSA) is 12.0 Å². The lowest BCUT2D eigenvalue weighted by Gasteiger charge is -1.99. The van der Waals surface area contributed by atoms with Gasteiger partial charge in [0.2, 0.25) is 0 Å². The minimum absolute atomic E-state index is 1.13. The molecule has 2 aromatic rings. The lowest BCUT2D eigenvalue weighted by molar-refractivity contribution is 1.48. The fourth-order valence-electron chi connectivity index (χ4n) is 1.92. The highest BCUT2D eigenvalue weighted by Gasteiger charge is 1.90. The summed E-state index contributed by atoms with van der Waals surface area (Å²) in [5, 5.41) is 5.60. The molecule has 0 aliphatic rings. The van der Waals surface area contributed by atoms with Crippen LogP contribution in [-0.2, 0) is 0 Å². The van der Waals surface area contributed by atoms with Gasteiger partial charge >= 0.3 is 0 Å². The molecule has 0 saturated heterocycles. The van der Waals surface area contributed by atoms with Crippen molar-refractivity contribution in [2.75, 3.05) is 12.4 Å². The Morgan fingerprint density at radius 3 is 2.21 bits per heavy atom. The second-order valence-electron chi connectivity index (χ2n) is 4.34. The molecule has 0 aromatic heterocycles. The largest absolute Gasteiger partial charge is 0.388 e. The van der Waals surface area contributed by atoms with E-state index in [4.69, 9.17) is 0 Å². The van der Waals surface area contributed by atoms with Crippen LogP contribution in [0.3, 0.4) is 0 Å². The fraction of sp³-hybridized carbons (Fsp3) is 0.111. The van der Waals surface area contributed by atoms with Crippen molar-refractivity contribution in [3.63, 3.8) is 0 Å². The Bertz CT molecular complexity index is 664. The van der Waals surface area contributed by atoms with E-state index >= 15 is 0 Å². The molecule has 0 radical (unpaired) electrons. The molecule has 0 aliphatic heterocycles. The maximum atomic E-state index is 3.13. The van der Waals surface area contributed by atoms with E-state index in [1.165, 1.54) is 16.0 Å². The SMILES string of the molecule is C\C=C/C=c1/cccc/c1=C\c1ccc(NC)cc1. The van der Waals surface area contributed by atoms with E-state index in [1.807, 2.05) is 20.0 Å². The Morgan fingerprint density at radius 1 is 0.895 bits per heavy atom. The van der Waals surface area contributed by atoms with Crippen molar-refractivity contribution in [1.29, 1.82) is 0 Å². The minimum Gasteiger partial charge on any atom is -0.388 e. The third-order valence-electron chi connectivity index (χ3n) is 2.99. The summed E-state index contributed by atoms with van der Waals surface area (Å²) in [6, 6.07) is 16.8. The van der Waals surface area contributed by atoms with E-state index in [9.17, 15) is 0 Å². The van der Waals surface area contributed by atoms with Gasteiger partial charge in [-0.1, -0.05) is 54.6 Å². The van der Waals surface area contributed by atoms with Gasteiger partial charge in [-0.2, -0.15) is 0 Å². The quantitative estimate of drug-likeness (QED) is 0.882. The lowest BCUT2D eigenvalue weighted by atomic mass is 10.1. The van der Waals surface area contributed by atoms with Gasteiger partial charge in [0, 0.05) is 12.7 Å². The van der Waals surface area contributed by atoms with E-state index in [0.29, 0.717) is 0 Å². The highest BCUT2D eigenvalue weighted by atomic mass is 14.8. The Balaban J connectivity index is 2.48. The lowest BCUT2D eigenvalue weighted by Crippen LogP contribution is -2.23. The van der Waals surface area contributed by atoms with Crippen molar-refractivity contribution >= 4 is 17.8 Å². The van der Waals surface area contributed by atoms with Crippen LogP contribution >= 0.6 is 0 Å². The van der Waals surface area contributed by atoms with Crippen LogP contribution in [0.1, 0.15) is 12.5 Å². The molecule has 1 heteroatoms. The summed E-state index contributed by atoms with van der Waals surface area (Å²) in [5.41, 5.74) is 2.34. The number of nitrogens with one attached hydrogen (secondary N) is 1. The molecule has 2 aromatic carbocycles. The molecule has 0 heterocycles.